The number of benzene rings is 2. The van der Waals surface area contributed by atoms with Crippen LogP contribution in [0.1, 0.15) is 29.2 Å². The van der Waals surface area contributed by atoms with Crippen molar-refractivity contribution in [3.05, 3.63) is 71.8 Å². The second kappa shape index (κ2) is 6.68. The van der Waals surface area contributed by atoms with Crippen molar-refractivity contribution in [2.75, 3.05) is 0 Å². The normalized spacial score (nSPS) is 13.1. The van der Waals surface area contributed by atoms with Crippen LogP contribution in [-0.2, 0) is 16.5 Å². The molecule has 20 heavy (non-hydrogen) atoms. The lowest BCUT2D eigenvalue weighted by atomic mass is 10.0. The second-order valence-corrected chi connectivity index (χ2v) is 6.39. The molecule has 0 amide bonds. The van der Waals surface area contributed by atoms with Gasteiger partial charge in [0.25, 0.3) is 10.1 Å². The summed E-state index contributed by atoms with van der Waals surface area (Å²) >= 11 is 0. The molecule has 0 fully saturated rings. The topological polar surface area (TPSA) is 54.4 Å². The molecule has 0 saturated carbocycles. The maximum atomic E-state index is 11.5. The average molecular weight is 290 g/mol. The molecule has 2 rings (SSSR count). The Morgan fingerprint density at radius 2 is 1.45 bits per heavy atom. The quantitative estimate of drug-likeness (QED) is 0.826. The fraction of sp³-hybridized carbons (Fsp3) is 0.250. The fourth-order valence-corrected chi connectivity index (χ4v) is 3.26. The Balaban J connectivity index is 2.03. The zero-order chi connectivity index (χ0) is 14.4. The van der Waals surface area contributed by atoms with Gasteiger partial charge < -0.3 is 0 Å². The van der Waals surface area contributed by atoms with E-state index in [0.717, 1.165) is 6.42 Å². The Morgan fingerprint density at radius 1 is 0.900 bits per heavy atom. The molecule has 0 aromatic heterocycles. The fourth-order valence-electron chi connectivity index (χ4n) is 2.29. The molecular weight excluding hydrogens is 272 g/mol. The Labute approximate surface area is 120 Å². The van der Waals surface area contributed by atoms with Gasteiger partial charge in [0, 0.05) is 0 Å². The van der Waals surface area contributed by atoms with Gasteiger partial charge in [-0.3, -0.25) is 4.55 Å². The van der Waals surface area contributed by atoms with Gasteiger partial charge in [0.05, 0.1) is 0 Å². The van der Waals surface area contributed by atoms with E-state index in [1.54, 1.807) is 24.3 Å². The number of hydrogen-bond donors (Lipinski definition) is 1. The summed E-state index contributed by atoms with van der Waals surface area (Å²) in [7, 11) is -4.07. The highest BCUT2D eigenvalue weighted by Crippen LogP contribution is 2.27. The Morgan fingerprint density at radius 3 is 2.00 bits per heavy atom. The maximum absolute atomic E-state index is 11.5. The smallest absolute Gasteiger partial charge is 0.271 e. The minimum absolute atomic E-state index is 0.414. The highest BCUT2D eigenvalue weighted by molar-refractivity contribution is 7.86. The zero-order valence-electron chi connectivity index (χ0n) is 11.1. The first-order chi connectivity index (χ1) is 9.57. The summed E-state index contributed by atoms with van der Waals surface area (Å²) in [5, 5.41) is -0.840. The van der Waals surface area contributed by atoms with Crippen molar-refractivity contribution in [1.82, 2.24) is 0 Å². The summed E-state index contributed by atoms with van der Waals surface area (Å²) in [4.78, 5) is 0. The second-order valence-electron chi connectivity index (χ2n) is 4.79. The lowest BCUT2D eigenvalue weighted by Crippen LogP contribution is -2.12. The summed E-state index contributed by atoms with van der Waals surface area (Å²) in [6.45, 7) is 0. The van der Waals surface area contributed by atoms with Crippen LogP contribution in [0.25, 0.3) is 0 Å². The first-order valence-electron chi connectivity index (χ1n) is 6.62. The standard InChI is InChI=1S/C16H18O3S/c17-20(18,19)16(15-11-5-2-6-12-15)13-7-10-14-8-3-1-4-9-14/h1-6,8-9,11-12,16H,7,10,13H2,(H,17,18,19). The molecule has 0 aliphatic heterocycles. The molecule has 1 unspecified atom stereocenters. The summed E-state index contributed by atoms with van der Waals surface area (Å²) in [5.74, 6) is 0. The summed E-state index contributed by atoms with van der Waals surface area (Å²) < 4.78 is 32.5. The lowest BCUT2D eigenvalue weighted by molar-refractivity contribution is 0.462. The molecule has 1 N–H and O–H groups in total. The van der Waals surface area contributed by atoms with E-state index in [-0.39, 0.29) is 0 Å². The van der Waals surface area contributed by atoms with Crippen LogP contribution in [0.4, 0.5) is 0 Å². The molecule has 1 atom stereocenters. The molecule has 0 aliphatic rings. The number of hydrogen-bond acceptors (Lipinski definition) is 2. The van der Waals surface area contributed by atoms with Crippen LogP contribution < -0.4 is 0 Å². The summed E-state index contributed by atoms with van der Waals surface area (Å²) in [6.07, 6.45) is 1.93. The molecule has 106 valence electrons. The monoisotopic (exact) mass is 290 g/mol. The molecule has 3 nitrogen and oxygen atoms in total. The molecule has 2 aromatic carbocycles. The van der Waals surface area contributed by atoms with E-state index in [1.165, 1.54) is 5.56 Å². The molecule has 0 heterocycles. The van der Waals surface area contributed by atoms with E-state index in [1.807, 2.05) is 36.4 Å². The van der Waals surface area contributed by atoms with E-state index in [9.17, 15) is 13.0 Å². The Hall–Kier alpha value is -1.65. The van der Waals surface area contributed by atoms with Crippen LogP contribution >= 0.6 is 0 Å². The predicted octanol–water partition coefficient (Wildman–Crippen LogP) is 3.64. The van der Waals surface area contributed by atoms with Gasteiger partial charge in [-0.25, -0.2) is 0 Å². The van der Waals surface area contributed by atoms with Gasteiger partial charge >= 0.3 is 0 Å². The van der Waals surface area contributed by atoms with Crippen LogP contribution in [0.5, 0.6) is 0 Å². The van der Waals surface area contributed by atoms with Crippen LogP contribution in [0.3, 0.4) is 0 Å². The lowest BCUT2D eigenvalue weighted by Gasteiger charge is -2.14. The molecular formula is C16H18O3S. The van der Waals surface area contributed by atoms with Crippen molar-refractivity contribution in [2.45, 2.75) is 24.5 Å². The van der Waals surface area contributed by atoms with Crippen molar-refractivity contribution in [2.24, 2.45) is 0 Å². The van der Waals surface area contributed by atoms with Gasteiger partial charge in [-0.15, -0.1) is 0 Å². The van der Waals surface area contributed by atoms with Crippen LogP contribution in [-0.4, -0.2) is 13.0 Å². The van der Waals surface area contributed by atoms with Crippen molar-refractivity contribution >= 4 is 10.1 Å². The third-order valence-corrected chi connectivity index (χ3v) is 4.53. The van der Waals surface area contributed by atoms with Crippen molar-refractivity contribution in [1.29, 1.82) is 0 Å². The van der Waals surface area contributed by atoms with Crippen LogP contribution in [0.15, 0.2) is 60.7 Å². The van der Waals surface area contributed by atoms with Crippen molar-refractivity contribution in [3.63, 3.8) is 0 Å². The van der Waals surface area contributed by atoms with Crippen LogP contribution in [0.2, 0.25) is 0 Å². The largest absolute Gasteiger partial charge is 0.285 e. The third kappa shape index (κ3) is 4.18. The van der Waals surface area contributed by atoms with Crippen LogP contribution in [0, 0.1) is 0 Å². The van der Waals surface area contributed by atoms with E-state index in [2.05, 4.69) is 0 Å². The van der Waals surface area contributed by atoms with Gasteiger partial charge in [-0.05, 0) is 30.4 Å². The molecule has 0 aliphatic carbocycles. The number of aryl methyl sites for hydroxylation is 1. The van der Waals surface area contributed by atoms with Gasteiger partial charge in [-0.2, -0.15) is 8.42 Å². The average Bonchev–Trinajstić information content (AvgIpc) is 2.44. The van der Waals surface area contributed by atoms with Gasteiger partial charge in [0.1, 0.15) is 5.25 Å². The minimum Gasteiger partial charge on any atom is -0.285 e. The van der Waals surface area contributed by atoms with E-state index in [0.29, 0.717) is 18.4 Å². The molecule has 0 saturated heterocycles. The Kier molecular flexibility index (Phi) is 4.93. The van der Waals surface area contributed by atoms with Gasteiger partial charge in [0.15, 0.2) is 0 Å². The molecule has 0 radical (unpaired) electrons. The highest BCUT2D eigenvalue weighted by atomic mass is 32.2. The first kappa shape index (κ1) is 14.8. The van der Waals surface area contributed by atoms with Gasteiger partial charge in [0.2, 0.25) is 0 Å². The molecule has 0 spiro atoms. The predicted molar refractivity (Wildman–Crippen MR) is 80.1 cm³/mol. The highest BCUT2D eigenvalue weighted by Gasteiger charge is 2.24. The van der Waals surface area contributed by atoms with E-state index in [4.69, 9.17) is 0 Å². The first-order valence-corrected chi connectivity index (χ1v) is 8.13. The zero-order valence-corrected chi connectivity index (χ0v) is 12.0. The molecule has 2 aromatic rings. The number of rotatable bonds is 6. The Bertz CT molecular complexity index is 621. The van der Waals surface area contributed by atoms with E-state index < -0.39 is 15.4 Å². The van der Waals surface area contributed by atoms with Crippen molar-refractivity contribution < 1.29 is 13.0 Å². The van der Waals surface area contributed by atoms with E-state index >= 15 is 0 Å². The molecule has 4 heteroatoms. The minimum atomic E-state index is -4.07. The summed E-state index contributed by atoms with van der Waals surface area (Å²) in [6, 6.07) is 18.8. The SMILES string of the molecule is O=S(=O)(O)C(CCCc1ccccc1)c1ccccc1. The molecule has 0 bridgehead atoms. The summed E-state index contributed by atoms with van der Waals surface area (Å²) in [5.41, 5.74) is 1.82. The van der Waals surface area contributed by atoms with Gasteiger partial charge in [-0.1, -0.05) is 60.7 Å². The van der Waals surface area contributed by atoms with Crippen molar-refractivity contribution in [3.8, 4) is 0 Å². The maximum Gasteiger partial charge on any atom is 0.271 e. The third-order valence-electron chi connectivity index (χ3n) is 3.31.